The predicted octanol–water partition coefficient (Wildman–Crippen LogP) is 3.26. The maximum atomic E-state index is 9.31. The van der Waals surface area contributed by atoms with Gasteiger partial charge < -0.3 is 34.6 Å². The lowest BCUT2D eigenvalue weighted by molar-refractivity contribution is 0.211. The van der Waals surface area contributed by atoms with Crippen LogP contribution in [0.5, 0.6) is 17.2 Å². The van der Waals surface area contributed by atoms with Gasteiger partial charge in [-0.3, -0.25) is 0 Å². The van der Waals surface area contributed by atoms with Crippen LogP contribution in [0.2, 0.25) is 0 Å². The average molecular weight is 397 g/mol. The molecule has 9 nitrogen and oxygen atoms in total. The molecule has 9 heteroatoms. The van der Waals surface area contributed by atoms with Crippen LogP contribution in [0.1, 0.15) is 5.56 Å². The van der Waals surface area contributed by atoms with E-state index in [1.807, 2.05) is 6.07 Å². The zero-order chi connectivity index (χ0) is 20.8. The van der Waals surface area contributed by atoms with Gasteiger partial charge in [-0.15, -0.1) is 0 Å². The van der Waals surface area contributed by atoms with Crippen LogP contribution in [0.25, 0.3) is 11.0 Å². The summed E-state index contributed by atoms with van der Waals surface area (Å²) in [6.45, 7) is 1.11. The number of fused-ring (bicyclic) bond motifs is 1. The number of anilines is 3. The molecular weight excluding hydrogens is 374 g/mol. The minimum atomic E-state index is 0.505. The van der Waals surface area contributed by atoms with Crippen LogP contribution in [0, 0.1) is 11.3 Å². The second kappa shape index (κ2) is 9.03. The van der Waals surface area contributed by atoms with E-state index in [0.29, 0.717) is 53.1 Å². The minimum absolute atomic E-state index is 0.505. The van der Waals surface area contributed by atoms with Crippen LogP contribution in [0.4, 0.5) is 17.2 Å². The molecule has 1 aromatic carbocycles. The molecule has 0 aliphatic heterocycles. The lowest BCUT2D eigenvalue weighted by atomic mass is 10.2. The van der Waals surface area contributed by atoms with Crippen LogP contribution in [-0.4, -0.2) is 51.6 Å². The highest BCUT2D eigenvalue weighted by atomic mass is 16.5. The smallest absolute Gasteiger partial charge is 0.203 e. The summed E-state index contributed by atoms with van der Waals surface area (Å²) in [5, 5.41) is 16.6. The fourth-order valence-electron chi connectivity index (χ4n) is 2.95. The summed E-state index contributed by atoms with van der Waals surface area (Å²) in [5.41, 5.74) is 2.57. The quantitative estimate of drug-likeness (QED) is 0.472. The Balaban J connectivity index is 2.04. The molecule has 29 heavy (non-hydrogen) atoms. The number of hydrogen-bond acceptors (Lipinski definition) is 8. The number of nitrogens with zero attached hydrogens (tertiary/aromatic N) is 2. The number of aromatic nitrogens is 2. The first kappa shape index (κ1) is 20.1. The van der Waals surface area contributed by atoms with Crippen molar-refractivity contribution >= 4 is 28.2 Å². The lowest BCUT2D eigenvalue weighted by Gasteiger charge is -2.17. The number of H-pyrrole nitrogens is 1. The second-order valence-electron chi connectivity index (χ2n) is 6.05. The molecule has 0 bridgehead atoms. The third-order valence-corrected chi connectivity index (χ3v) is 4.34. The Bertz CT molecular complexity index is 1020. The van der Waals surface area contributed by atoms with Crippen molar-refractivity contribution < 1.29 is 18.9 Å². The molecular formula is C20H23N5O4. The Morgan fingerprint density at radius 3 is 2.38 bits per heavy atom. The molecule has 0 saturated heterocycles. The van der Waals surface area contributed by atoms with Gasteiger partial charge in [0.2, 0.25) is 5.75 Å². The number of nitriles is 1. The van der Waals surface area contributed by atoms with E-state index < -0.39 is 0 Å². The van der Waals surface area contributed by atoms with Crippen LogP contribution >= 0.6 is 0 Å². The first-order chi connectivity index (χ1) is 14.1. The van der Waals surface area contributed by atoms with Gasteiger partial charge in [0.15, 0.2) is 17.3 Å². The zero-order valence-electron chi connectivity index (χ0n) is 16.8. The number of ether oxygens (including phenoxy) is 4. The molecule has 2 heterocycles. The van der Waals surface area contributed by atoms with Crippen LogP contribution in [0.3, 0.4) is 0 Å². The summed E-state index contributed by atoms with van der Waals surface area (Å²) < 4.78 is 21.3. The fraction of sp³-hybridized carbons (Fsp3) is 0.300. The molecule has 0 spiro atoms. The van der Waals surface area contributed by atoms with E-state index in [4.69, 9.17) is 18.9 Å². The number of aromatic amines is 1. The van der Waals surface area contributed by atoms with E-state index in [1.165, 1.54) is 0 Å². The zero-order valence-corrected chi connectivity index (χ0v) is 16.8. The van der Waals surface area contributed by atoms with Gasteiger partial charge in [-0.1, -0.05) is 0 Å². The Morgan fingerprint density at radius 2 is 1.79 bits per heavy atom. The van der Waals surface area contributed by atoms with Crippen molar-refractivity contribution in [3.8, 4) is 23.3 Å². The van der Waals surface area contributed by atoms with Gasteiger partial charge in [-0.2, -0.15) is 5.26 Å². The molecule has 0 unspecified atom stereocenters. The number of nitrogens with one attached hydrogen (secondary N) is 3. The van der Waals surface area contributed by atoms with Crippen molar-refractivity contribution in [1.29, 1.82) is 5.26 Å². The van der Waals surface area contributed by atoms with Gasteiger partial charge in [-0.05, 0) is 6.07 Å². The van der Waals surface area contributed by atoms with Crippen LogP contribution in [-0.2, 0) is 4.74 Å². The summed E-state index contributed by atoms with van der Waals surface area (Å²) in [5.74, 6) is 2.13. The van der Waals surface area contributed by atoms with Crippen molar-refractivity contribution in [2.75, 3.05) is 52.2 Å². The third-order valence-electron chi connectivity index (χ3n) is 4.34. The van der Waals surface area contributed by atoms with Gasteiger partial charge in [0, 0.05) is 43.1 Å². The number of methoxy groups -OCH3 is 4. The first-order valence-electron chi connectivity index (χ1n) is 8.87. The summed E-state index contributed by atoms with van der Waals surface area (Å²) in [7, 11) is 6.31. The van der Waals surface area contributed by atoms with Gasteiger partial charge in [-0.25, -0.2) is 4.98 Å². The van der Waals surface area contributed by atoms with E-state index in [2.05, 4.69) is 26.7 Å². The summed E-state index contributed by atoms with van der Waals surface area (Å²) >= 11 is 0. The van der Waals surface area contributed by atoms with E-state index in [9.17, 15) is 5.26 Å². The molecule has 0 aliphatic rings. The first-order valence-corrected chi connectivity index (χ1v) is 8.87. The second-order valence-corrected chi connectivity index (χ2v) is 6.05. The third kappa shape index (κ3) is 4.12. The molecule has 0 saturated carbocycles. The fourth-order valence-corrected chi connectivity index (χ4v) is 2.95. The molecule has 3 N–H and O–H groups in total. The van der Waals surface area contributed by atoms with E-state index in [1.54, 1.807) is 46.8 Å². The predicted molar refractivity (Wildman–Crippen MR) is 111 cm³/mol. The van der Waals surface area contributed by atoms with Crippen molar-refractivity contribution in [2.45, 2.75) is 0 Å². The molecule has 0 radical (unpaired) electrons. The molecule has 0 fully saturated rings. The molecule has 0 aliphatic carbocycles. The Morgan fingerprint density at radius 1 is 1.07 bits per heavy atom. The monoisotopic (exact) mass is 397 g/mol. The standard InChI is InChI=1S/C20H23N5O4/c1-26-6-5-22-15-9-14-12(10-21)11-23-19(14)25-20(15)24-13-7-16(27-2)18(29-4)17(8-13)28-3/h7-9,11,22H,5-6H2,1-4H3,(H2,23,24,25). The van der Waals surface area contributed by atoms with E-state index >= 15 is 0 Å². The van der Waals surface area contributed by atoms with Crippen molar-refractivity contribution in [3.05, 3.63) is 30.0 Å². The summed E-state index contributed by atoms with van der Waals surface area (Å²) in [4.78, 5) is 7.67. The molecule has 3 rings (SSSR count). The van der Waals surface area contributed by atoms with Gasteiger partial charge >= 0.3 is 0 Å². The van der Waals surface area contributed by atoms with E-state index in [-0.39, 0.29) is 0 Å². The van der Waals surface area contributed by atoms with E-state index in [0.717, 1.165) is 11.1 Å². The summed E-state index contributed by atoms with van der Waals surface area (Å²) in [6, 6.07) is 7.63. The largest absolute Gasteiger partial charge is 0.493 e. The molecule has 2 aromatic heterocycles. The van der Waals surface area contributed by atoms with Crippen molar-refractivity contribution in [1.82, 2.24) is 9.97 Å². The average Bonchev–Trinajstić information content (AvgIpc) is 3.14. The molecule has 3 aromatic rings. The number of rotatable bonds is 9. The maximum absolute atomic E-state index is 9.31. The number of hydrogen-bond donors (Lipinski definition) is 3. The van der Waals surface area contributed by atoms with Crippen molar-refractivity contribution in [3.63, 3.8) is 0 Å². The molecule has 0 atom stereocenters. The Labute approximate surface area is 168 Å². The van der Waals surface area contributed by atoms with Crippen LogP contribution < -0.4 is 24.8 Å². The minimum Gasteiger partial charge on any atom is -0.493 e. The van der Waals surface area contributed by atoms with Gasteiger partial charge in [0.05, 0.1) is 39.2 Å². The number of pyridine rings is 1. The number of benzene rings is 1. The van der Waals surface area contributed by atoms with Crippen LogP contribution in [0.15, 0.2) is 24.4 Å². The highest BCUT2D eigenvalue weighted by Crippen LogP contribution is 2.41. The highest BCUT2D eigenvalue weighted by molar-refractivity contribution is 5.90. The van der Waals surface area contributed by atoms with Gasteiger partial charge in [0.25, 0.3) is 0 Å². The maximum Gasteiger partial charge on any atom is 0.203 e. The van der Waals surface area contributed by atoms with Gasteiger partial charge in [0.1, 0.15) is 11.7 Å². The highest BCUT2D eigenvalue weighted by Gasteiger charge is 2.16. The molecule has 0 amide bonds. The SMILES string of the molecule is COCCNc1cc2c(C#N)c[nH]c2nc1Nc1cc(OC)c(OC)c(OC)c1. The normalized spacial score (nSPS) is 10.4. The molecule has 152 valence electrons. The van der Waals surface area contributed by atoms with Crippen molar-refractivity contribution in [2.24, 2.45) is 0 Å². The Kier molecular flexibility index (Phi) is 6.26. The Hall–Kier alpha value is -3.64. The topological polar surface area (TPSA) is 113 Å². The summed E-state index contributed by atoms with van der Waals surface area (Å²) in [6.07, 6.45) is 1.64. The lowest BCUT2D eigenvalue weighted by Crippen LogP contribution is -2.10.